The van der Waals surface area contributed by atoms with Crippen LogP contribution in [-0.4, -0.2) is 4.98 Å². The number of thiazole rings is 1. The molecule has 2 nitrogen and oxygen atoms in total. The Balaban J connectivity index is 2.25. The Hall–Kier alpha value is -0.580. The van der Waals surface area contributed by atoms with Gasteiger partial charge < -0.3 is 4.74 Å². The number of hydrogen-bond donors (Lipinski definition) is 0. The highest BCUT2D eigenvalue weighted by Crippen LogP contribution is 2.32. The molecule has 1 aromatic carbocycles. The Morgan fingerprint density at radius 1 is 1.43 bits per heavy atom. The summed E-state index contributed by atoms with van der Waals surface area (Å²) in [5, 5.41) is 3.15. The predicted octanol–water partition coefficient (Wildman–Crippen LogP) is 4.35. The van der Waals surface area contributed by atoms with E-state index in [1.165, 1.54) is 11.3 Å². The molecule has 0 spiro atoms. The van der Waals surface area contributed by atoms with E-state index in [1.54, 1.807) is 24.4 Å². The van der Waals surface area contributed by atoms with Crippen LogP contribution >= 0.6 is 38.9 Å². The van der Waals surface area contributed by atoms with E-state index in [-0.39, 0.29) is 0 Å². The Labute approximate surface area is 98.6 Å². The normalized spacial score (nSPS) is 10.1. The molecule has 1 aromatic heterocycles. The molecule has 0 bridgehead atoms. The van der Waals surface area contributed by atoms with Crippen molar-refractivity contribution in [2.75, 3.05) is 0 Å². The largest absolute Gasteiger partial charge is 0.430 e. The van der Waals surface area contributed by atoms with E-state index in [1.807, 2.05) is 5.38 Å². The summed E-state index contributed by atoms with van der Waals surface area (Å²) in [4.78, 5) is 4.02. The zero-order valence-corrected chi connectivity index (χ0v) is 10.1. The molecule has 0 unspecified atom stereocenters. The quantitative estimate of drug-likeness (QED) is 0.820. The molecule has 0 aliphatic rings. The zero-order valence-electron chi connectivity index (χ0n) is 6.91. The molecule has 0 N–H and O–H groups in total. The highest BCUT2D eigenvalue weighted by molar-refractivity contribution is 9.10. The fraction of sp³-hybridized carbons (Fsp3) is 0. The van der Waals surface area contributed by atoms with Crippen LogP contribution in [0.5, 0.6) is 10.9 Å². The lowest BCUT2D eigenvalue weighted by molar-refractivity contribution is 0.476. The van der Waals surface area contributed by atoms with Crippen LogP contribution in [0, 0.1) is 0 Å². The lowest BCUT2D eigenvalue weighted by atomic mass is 10.3. The second kappa shape index (κ2) is 4.29. The van der Waals surface area contributed by atoms with Gasteiger partial charge in [-0.15, -0.1) is 0 Å². The molecule has 72 valence electrons. The first-order valence-corrected chi connectivity index (χ1v) is 5.83. The van der Waals surface area contributed by atoms with E-state index in [9.17, 15) is 0 Å². The summed E-state index contributed by atoms with van der Waals surface area (Å²) in [5.74, 6) is 0.712. The molecule has 2 rings (SSSR count). The van der Waals surface area contributed by atoms with E-state index in [0.717, 1.165) is 4.47 Å². The van der Waals surface area contributed by atoms with Crippen LogP contribution in [0.15, 0.2) is 34.2 Å². The second-order valence-electron chi connectivity index (χ2n) is 2.47. The summed E-state index contributed by atoms with van der Waals surface area (Å²) < 4.78 is 6.33. The van der Waals surface area contributed by atoms with E-state index >= 15 is 0 Å². The maximum atomic E-state index is 5.80. The second-order valence-corrected chi connectivity index (χ2v) is 4.62. The van der Waals surface area contributed by atoms with Crippen molar-refractivity contribution < 1.29 is 4.74 Å². The number of halogens is 2. The minimum Gasteiger partial charge on any atom is -0.430 e. The minimum atomic E-state index is 0.619. The smallest absolute Gasteiger partial charge is 0.278 e. The van der Waals surface area contributed by atoms with Gasteiger partial charge in [-0.25, -0.2) is 4.98 Å². The van der Waals surface area contributed by atoms with Crippen molar-refractivity contribution in [3.8, 4) is 10.9 Å². The van der Waals surface area contributed by atoms with Gasteiger partial charge in [0.2, 0.25) is 0 Å². The van der Waals surface area contributed by atoms with Crippen molar-refractivity contribution in [3.63, 3.8) is 0 Å². The number of nitrogens with zero attached hydrogens (tertiary/aromatic N) is 1. The molecule has 14 heavy (non-hydrogen) atoms. The number of rotatable bonds is 2. The molecule has 0 atom stereocenters. The molecule has 0 saturated heterocycles. The van der Waals surface area contributed by atoms with Gasteiger partial charge in [0.15, 0.2) is 0 Å². The fourth-order valence-electron chi connectivity index (χ4n) is 0.913. The number of benzene rings is 1. The van der Waals surface area contributed by atoms with Crippen LogP contribution in [0.25, 0.3) is 0 Å². The highest BCUT2D eigenvalue weighted by atomic mass is 79.9. The van der Waals surface area contributed by atoms with Gasteiger partial charge in [0.25, 0.3) is 5.19 Å². The highest BCUT2D eigenvalue weighted by Gasteiger charge is 2.04. The Morgan fingerprint density at radius 2 is 2.29 bits per heavy atom. The van der Waals surface area contributed by atoms with Gasteiger partial charge >= 0.3 is 0 Å². The Morgan fingerprint density at radius 3 is 2.93 bits per heavy atom. The monoisotopic (exact) mass is 289 g/mol. The molecule has 0 aliphatic heterocycles. The third-order valence-electron chi connectivity index (χ3n) is 1.50. The van der Waals surface area contributed by atoms with Gasteiger partial charge in [0.1, 0.15) is 5.75 Å². The average Bonchev–Trinajstić information content (AvgIpc) is 2.62. The third-order valence-corrected chi connectivity index (χ3v) is 3.00. The van der Waals surface area contributed by atoms with Crippen molar-refractivity contribution in [1.82, 2.24) is 4.98 Å². The molecule has 2 aromatic rings. The van der Waals surface area contributed by atoms with Crippen LogP contribution < -0.4 is 4.74 Å². The van der Waals surface area contributed by atoms with Gasteiger partial charge in [-0.05, 0) is 34.1 Å². The van der Waals surface area contributed by atoms with E-state index < -0.39 is 0 Å². The maximum Gasteiger partial charge on any atom is 0.278 e. The SMILES string of the molecule is Clc1ccc(Oc2nccs2)c(Br)c1. The molecular weight excluding hydrogens is 286 g/mol. The summed E-state index contributed by atoms with van der Waals surface area (Å²) in [6.45, 7) is 0. The molecule has 0 saturated carbocycles. The predicted molar refractivity (Wildman–Crippen MR) is 61.3 cm³/mol. The van der Waals surface area contributed by atoms with Crippen LogP contribution in [0.4, 0.5) is 0 Å². The average molecular weight is 291 g/mol. The van der Waals surface area contributed by atoms with Gasteiger partial charge in [0, 0.05) is 16.6 Å². The van der Waals surface area contributed by atoms with Crippen molar-refractivity contribution in [2.45, 2.75) is 0 Å². The van der Waals surface area contributed by atoms with Crippen LogP contribution in [0.1, 0.15) is 0 Å². The molecule has 5 heteroatoms. The summed E-state index contributed by atoms with van der Waals surface area (Å²) in [5.41, 5.74) is 0. The fourth-order valence-corrected chi connectivity index (χ4v) is 2.17. The summed E-state index contributed by atoms with van der Waals surface area (Å²) in [6, 6.07) is 5.35. The van der Waals surface area contributed by atoms with Crippen LogP contribution in [0.3, 0.4) is 0 Å². The topological polar surface area (TPSA) is 22.1 Å². The first kappa shape index (κ1) is 9.96. The van der Waals surface area contributed by atoms with Crippen molar-refractivity contribution in [3.05, 3.63) is 39.3 Å². The van der Waals surface area contributed by atoms with Crippen molar-refractivity contribution in [1.29, 1.82) is 0 Å². The first-order chi connectivity index (χ1) is 6.75. The molecule has 0 amide bonds. The standard InChI is InChI=1S/C9H5BrClNOS/c10-7-5-6(11)1-2-8(7)13-9-12-3-4-14-9/h1-5H. The van der Waals surface area contributed by atoms with E-state index in [4.69, 9.17) is 16.3 Å². The minimum absolute atomic E-state index is 0.619. The molecule has 0 aliphatic carbocycles. The molecule has 0 fully saturated rings. The first-order valence-electron chi connectivity index (χ1n) is 3.78. The molecule has 0 radical (unpaired) electrons. The number of aromatic nitrogens is 1. The number of hydrogen-bond acceptors (Lipinski definition) is 3. The van der Waals surface area contributed by atoms with Crippen molar-refractivity contribution in [2.24, 2.45) is 0 Å². The zero-order chi connectivity index (χ0) is 9.97. The van der Waals surface area contributed by atoms with Gasteiger partial charge in [0.05, 0.1) is 4.47 Å². The van der Waals surface area contributed by atoms with E-state index in [2.05, 4.69) is 20.9 Å². The van der Waals surface area contributed by atoms with Crippen LogP contribution in [0.2, 0.25) is 5.02 Å². The van der Waals surface area contributed by atoms with Crippen LogP contribution in [-0.2, 0) is 0 Å². The Kier molecular flexibility index (Phi) is 3.05. The maximum absolute atomic E-state index is 5.80. The Bertz CT molecular complexity index is 432. The third kappa shape index (κ3) is 2.26. The number of ether oxygens (including phenoxy) is 1. The summed E-state index contributed by atoms with van der Waals surface area (Å²) in [6.07, 6.45) is 1.70. The lowest BCUT2D eigenvalue weighted by Gasteiger charge is -2.03. The van der Waals surface area contributed by atoms with Gasteiger partial charge in [-0.3, -0.25) is 0 Å². The molecular formula is C9H5BrClNOS. The van der Waals surface area contributed by atoms with E-state index in [0.29, 0.717) is 16.0 Å². The lowest BCUT2D eigenvalue weighted by Crippen LogP contribution is -1.83. The summed E-state index contributed by atoms with van der Waals surface area (Å²) >= 11 is 10.6. The van der Waals surface area contributed by atoms with Gasteiger partial charge in [-0.2, -0.15) is 0 Å². The van der Waals surface area contributed by atoms with Crippen molar-refractivity contribution >= 4 is 38.9 Å². The summed E-state index contributed by atoms with van der Waals surface area (Å²) in [7, 11) is 0. The van der Waals surface area contributed by atoms with Gasteiger partial charge in [-0.1, -0.05) is 22.9 Å². The molecule has 1 heterocycles.